The summed E-state index contributed by atoms with van der Waals surface area (Å²) in [6, 6.07) is 11.5. The number of ether oxygens (including phenoxy) is 2. The molecule has 0 radical (unpaired) electrons. The lowest BCUT2D eigenvalue weighted by molar-refractivity contribution is -0.132. The van der Waals surface area contributed by atoms with Gasteiger partial charge in [0, 0.05) is 25.7 Å². The van der Waals surface area contributed by atoms with Gasteiger partial charge in [-0.05, 0) is 48.7 Å². The second-order valence-electron chi connectivity index (χ2n) is 6.98. The van der Waals surface area contributed by atoms with Crippen LogP contribution in [0.25, 0.3) is 0 Å². The zero-order chi connectivity index (χ0) is 20.3. The van der Waals surface area contributed by atoms with Crippen molar-refractivity contribution in [2.75, 3.05) is 32.2 Å². The van der Waals surface area contributed by atoms with Crippen LogP contribution in [0, 0.1) is 6.92 Å². The van der Waals surface area contributed by atoms with E-state index in [4.69, 9.17) is 9.47 Å². The summed E-state index contributed by atoms with van der Waals surface area (Å²) in [7, 11) is 3.21. The zero-order valence-corrected chi connectivity index (χ0v) is 16.8. The number of anilines is 1. The number of methoxy groups -OCH3 is 2. The van der Waals surface area contributed by atoms with Gasteiger partial charge in [-0.15, -0.1) is 0 Å². The van der Waals surface area contributed by atoms with Crippen LogP contribution in [-0.4, -0.2) is 44.0 Å². The maximum atomic E-state index is 12.9. The Morgan fingerprint density at radius 1 is 1.04 bits per heavy atom. The lowest BCUT2D eigenvalue weighted by atomic mass is 9.98. The number of hydrogen-bond donors (Lipinski definition) is 0. The molecule has 0 saturated carbocycles. The number of benzene rings is 2. The highest BCUT2D eigenvalue weighted by molar-refractivity contribution is 5.97. The molecule has 2 aromatic rings. The molecule has 0 aromatic heterocycles. The molecule has 0 spiro atoms. The van der Waals surface area contributed by atoms with Crippen molar-refractivity contribution < 1.29 is 19.1 Å². The lowest BCUT2D eigenvalue weighted by Gasteiger charge is -2.31. The summed E-state index contributed by atoms with van der Waals surface area (Å²) in [5.41, 5.74) is 4.04. The summed E-state index contributed by atoms with van der Waals surface area (Å²) in [6.07, 6.45) is 0.742. The van der Waals surface area contributed by atoms with Crippen LogP contribution in [0.4, 0.5) is 5.69 Å². The van der Waals surface area contributed by atoms with Crippen LogP contribution in [0.3, 0.4) is 0 Å². The molecule has 0 atom stereocenters. The molecule has 2 aromatic carbocycles. The number of rotatable bonds is 5. The van der Waals surface area contributed by atoms with Crippen molar-refractivity contribution >= 4 is 17.5 Å². The summed E-state index contributed by atoms with van der Waals surface area (Å²) >= 11 is 0. The van der Waals surface area contributed by atoms with Crippen LogP contribution in [0.5, 0.6) is 11.5 Å². The van der Waals surface area contributed by atoms with Gasteiger partial charge in [-0.3, -0.25) is 9.59 Å². The molecule has 0 fully saturated rings. The summed E-state index contributed by atoms with van der Waals surface area (Å²) in [6.45, 7) is 4.60. The number of aryl methyl sites for hydroxylation is 1. The molecule has 2 amide bonds. The first-order valence-corrected chi connectivity index (χ1v) is 9.29. The summed E-state index contributed by atoms with van der Waals surface area (Å²) in [4.78, 5) is 28.4. The van der Waals surface area contributed by atoms with Gasteiger partial charge in [-0.25, -0.2) is 0 Å². The first-order valence-electron chi connectivity index (χ1n) is 9.29. The van der Waals surface area contributed by atoms with Gasteiger partial charge in [0.05, 0.1) is 14.2 Å². The van der Waals surface area contributed by atoms with Crippen LogP contribution in [0.15, 0.2) is 36.4 Å². The number of nitrogens with zero attached hydrogens (tertiary/aromatic N) is 2. The molecule has 6 heteroatoms. The molecule has 148 valence electrons. The number of hydrogen-bond acceptors (Lipinski definition) is 4. The van der Waals surface area contributed by atoms with E-state index in [1.54, 1.807) is 19.1 Å². The van der Waals surface area contributed by atoms with Gasteiger partial charge in [0.25, 0.3) is 0 Å². The smallest absolute Gasteiger partial charge is 0.242 e. The van der Waals surface area contributed by atoms with Crippen molar-refractivity contribution in [1.29, 1.82) is 0 Å². The summed E-state index contributed by atoms with van der Waals surface area (Å²) in [5, 5.41) is 0. The van der Waals surface area contributed by atoms with Crippen molar-refractivity contribution in [3.63, 3.8) is 0 Å². The van der Waals surface area contributed by atoms with Crippen molar-refractivity contribution in [3.05, 3.63) is 53.1 Å². The molecular weight excluding hydrogens is 356 g/mol. The number of carbonyl (C=O) groups is 2. The minimum absolute atomic E-state index is 0.0288. The van der Waals surface area contributed by atoms with Crippen LogP contribution in [-0.2, 0) is 22.6 Å². The third-order valence-electron chi connectivity index (χ3n) is 5.09. The fourth-order valence-electron chi connectivity index (χ4n) is 3.44. The molecule has 0 aliphatic carbocycles. The van der Waals surface area contributed by atoms with E-state index in [0.29, 0.717) is 24.6 Å². The third-order valence-corrected chi connectivity index (χ3v) is 5.09. The Kier molecular flexibility index (Phi) is 5.87. The highest BCUT2D eigenvalue weighted by Gasteiger charge is 2.25. The fraction of sp³-hybridized carbons (Fsp3) is 0.364. The van der Waals surface area contributed by atoms with Crippen molar-refractivity contribution in [1.82, 2.24) is 4.90 Å². The molecule has 28 heavy (non-hydrogen) atoms. The van der Waals surface area contributed by atoms with Crippen LogP contribution in [0.2, 0.25) is 0 Å². The molecule has 0 N–H and O–H groups in total. The second-order valence-corrected chi connectivity index (χ2v) is 6.98. The monoisotopic (exact) mass is 382 g/mol. The van der Waals surface area contributed by atoms with E-state index in [-0.39, 0.29) is 18.4 Å². The molecular formula is C22H26N2O4. The van der Waals surface area contributed by atoms with E-state index in [9.17, 15) is 9.59 Å². The van der Waals surface area contributed by atoms with Crippen LogP contribution < -0.4 is 14.4 Å². The summed E-state index contributed by atoms with van der Waals surface area (Å²) < 4.78 is 10.7. The van der Waals surface area contributed by atoms with E-state index < -0.39 is 0 Å². The quantitative estimate of drug-likeness (QED) is 0.798. The van der Waals surface area contributed by atoms with Gasteiger partial charge in [0.15, 0.2) is 11.5 Å². The minimum atomic E-state index is -0.152. The van der Waals surface area contributed by atoms with E-state index >= 15 is 0 Å². The molecule has 1 heterocycles. The van der Waals surface area contributed by atoms with Gasteiger partial charge in [0.1, 0.15) is 6.54 Å². The Bertz CT molecular complexity index is 877. The minimum Gasteiger partial charge on any atom is -0.493 e. The molecule has 0 bridgehead atoms. The van der Waals surface area contributed by atoms with E-state index in [0.717, 1.165) is 28.8 Å². The second kappa shape index (κ2) is 8.33. The molecule has 3 rings (SSSR count). The Balaban J connectivity index is 1.76. The highest BCUT2D eigenvalue weighted by atomic mass is 16.5. The van der Waals surface area contributed by atoms with E-state index in [2.05, 4.69) is 0 Å². The predicted molar refractivity (Wildman–Crippen MR) is 108 cm³/mol. The van der Waals surface area contributed by atoms with Gasteiger partial charge in [-0.1, -0.05) is 17.7 Å². The zero-order valence-electron chi connectivity index (χ0n) is 16.8. The summed E-state index contributed by atoms with van der Waals surface area (Å²) in [5.74, 6) is 1.13. The number of fused-ring (bicyclic) bond motifs is 1. The van der Waals surface area contributed by atoms with Gasteiger partial charge in [-0.2, -0.15) is 0 Å². The molecule has 0 unspecified atom stereocenters. The molecule has 1 aliphatic heterocycles. The molecule has 1 aliphatic rings. The lowest BCUT2D eigenvalue weighted by Crippen LogP contribution is -2.44. The normalized spacial score (nSPS) is 12.9. The van der Waals surface area contributed by atoms with Crippen LogP contribution >= 0.6 is 0 Å². The van der Waals surface area contributed by atoms with E-state index in [1.807, 2.05) is 43.3 Å². The van der Waals surface area contributed by atoms with Gasteiger partial charge >= 0.3 is 0 Å². The van der Waals surface area contributed by atoms with Crippen molar-refractivity contribution in [2.24, 2.45) is 0 Å². The van der Waals surface area contributed by atoms with Gasteiger partial charge in [0.2, 0.25) is 11.8 Å². The molecule has 6 nitrogen and oxygen atoms in total. The standard InChI is InChI=1S/C22H26N2O4/c1-15-5-7-19(8-6-15)24(16(2)25)14-22(26)23-10-9-17-11-20(27-3)21(28-4)12-18(17)13-23/h5-8,11-12H,9-10,13-14H2,1-4H3. The van der Waals surface area contributed by atoms with Gasteiger partial charge < -0.3 is 19.3 Å². The SMILES string of the molecule is COc1cc2c(cc1OC)CN(C(=O)CN(C(C)=O)c1ccc(C)cc1)CC2. The Morgan fingerprint density at radius 3 is 2.21 bits per heavy atom. The fourth-order valence-corrected chi connectivity index (χ4v) is 3.44. The van der Waals surface area contributed by atoms with Crippen molar-refractivity contribution in [2.45, 2.75) is 26.8 Å². The highest BCUT2D eigenvalue weighted by Crippen LogP contribution is 2.33. The molecule has 0 saturated heterocycles. The average Bonchev–Trinajstić information content (AvgIpc) is 2.70. The first-order chi connectivity index (χ1) is 13.4. The maximum Gasteiger partial charge on any atom is 0.242 e. The predicted octanol–water partition coefficient (Wildman–Crippen LogP) is 2.95. The maximum absolute atomic E-state index is 12.9. The Labute approximate surface area is 165 Å². The van der Waals surface area contributed by atoms with E-state index in [1.165, 1.54) is 11.8 Å². The topological polar surface area (TPSA) is 59.1 Å². The third kappa shape index (κ3) is 4.11. The number of carbonyl (C=O) groups excluding carboxylic acids is 2. The van der Waals surface area contributed by atoms with Crippen molar-refractivity contribution in [3.8, 4) is 11.5 Å². The van der Waals surface area contributed by atoms with Crippen LogP contribution in [0.1, 0.15) is 23.6 Å². The number of amides is 2. The first kappa shape index (κ1) is 19.7. The largest absolute Gasteiger partial charge is 0.493 e. The Morgan fingerprint density at radius 2 is 1.64 bits per heavy atom. The average molecular weight is 382 g/mol. The Hall–Kier alpha value is -3.02.